The van der Waals surface area contributed by atoms with Crippen LogP contribution in [0.2, 0.25) is 0 Å². The van der Waals surface area contributed by atoms with Gasteiger partial charge in [-0.1, -0.05) is 6.07 Å². The smallest absolute Gasteiger partial charge is 0.174 e. The highest BCUT2D eigenvalue weighted by Gasteiger charge is 2.26. The molecule has 0 atom stereocenters. The molecule has 1 heterocycles. The second kappa shape index (κ2) is 2.74. The Balaban J connectivity index is 3.12. The van der Waals surface area contributed by atoms with Gasteiger partial charge in [0.05, 0.1) is 12.1 Å². The molecule has 1 rings (SSSR count). The number of nitriles is 2. The number of thiophene rings is 1. The molecule has 0 aliphatic carbocycles. The second-order valence-corrected chi connectivity index (χ2v) is 3.27. The highest BCUT2D eigenvalue weighted by atomic mass is 32.1. The van der Waals surface area contributed by atoms with E-state index in [0.29, 0.717) is 0 Å². The first kappa shape index (κ1) is 7.78. The van der Waals surface area contributed by atoms with Crippen molar-refractivity contribution in [1.29, 1.82) is 10.5 Å². The van der Waals surface area contributed by atoms with E-state index in [9.17, 15) is 0 Å². The van der Waals surface area contributed by atoms with Crippen molar-refractivity contribution in [3.05, 3.63) is 22.4 Å². The molecule has 0 spiro atoms. The summed E-state index contributed by atoms with van der Waals surface area (Å²) in [6, 6.07) is 7.60. The Morgan fingerprint density at radius 1 is 1.45 bits per heavy atom. The number of nitrogens with zero attached hydrogens (tertiary/aromatic N) is 2. The second-order valence-electron chi connectivity index (χ2n) is 2.33. The minimum absolute atomic E-state index is 0.808. The average molecular weight is 162 g/mol. The molecule has 11 heavy (non-hydrogen) atoms. The molecule has 2 nitrogen and oxygen atoms in total. The topological polar surface area (TPSA) is 47.6 Å². The monoisotopic (exact) mass is 162 g/mol. The molecule has 0 bridgehead atoms. The Bertz CT molecular complexity index is 299. The van der Waals surface area contributed by atoms with Crippen LogP contribution in [0.4, 0.5) is 0 Å². The van der Waals surface area contributed by atoms with Gasteiger partial charge in [-0.05, 0) is 18.4 Å². The first-order chi connectivity index (χ1) is 5.23. The standard InChI is InChI=1S/C8H6N2S/c1-8(5-9,6-10)7-3-2-4-11-7/h2-4H,1H3. The lowest BCUT2D eigenvalue weighted by molar-refractivity contribution is 0.812. The molecule has 0 aliphatic heterocycles. The molecule has 0 fully saturated rings. The zero-order chi connectivity index (χ0) is 8.32. The van der Waals surface area contributed by atoms with Crippen LogP contribution in [0, 0.1) is 22.7 Å². The molecular weight excluding hydrogens is 156 g/mol. The van der Waals surface area contributed by atoms with Gasteiger partial charge in [-0.3, -0.25) is 0 Å². The normalized spacial score (nSPS) is 10.1. The summed E-state index contributed by atoms with van der Waals surface area (Å²) in [7, 11) is 0. The van der Waals surface area contributed by atoms with E-state index in [0.717, 1.165) is 4.88 Å². The van der Waals surface area contributed by atoms with E-state index in [1.165, 1.54) is 11.3 Å². The summed E-state index contributed by atoms with van der Waals surface area (Å²) < 4.78 is 0. The zero-order valence-electron chi connectivity index (χ0n) is 6.03. The largest absolute Gasteiger partial charge is 0.196 e. The number of rotatable bonds is 1. The van der Waals surface area contributed by atoms with Crippen molar-refractivity contribution >= 4 is 11.3 Å². The first-order valence-electron chi connectivity index (χ1n) is 3.09. The molecule has 0 unspecified atom stereocenters. The molecule has 0 N–H and O–H groups in total. The van der Waals surface area contributed by atoms with E-state index in [4.69, 9.17) is 10.5 Å². The lowest BCUT2D eigenvalue weighted by atomic mass is 9.93. The van der Waals surface area contributed by atoms with E-state index >= 15 is 0 Å². The molecule has 0 radical (unpaired) electrons. The summed E-state index contributed by atoms with van der Waals surface area (Å²) in [5.74, 6) is 0. The Morgan fingerprint density at radius 3 is 2.45 bits per heavy atom. The minimum atomic E-state index is -0.964. The van der Waals surface area contributed by atoms with E-state index in [2.05, 4.69) is 0 Å². The third-order valence-corrected chi connectivity index (χ3v) is 2.55. The average Bonchev–Trinajstić information content (AvgIpc) is 2.55. The van der Waals surface area contributed by atoms with Crippen LogP contribution in [0.3, 0.4) is 0 Å². The highest BCUT2D eigenvalue weighted by Crippen LogP contribution is 2.25. The summed E-state index contributed by atoms with van der Waals surface area (Å²) in [4.78, 5) is 0.808. The fourth-order valence-electron chi connectivity index (χ4n) is 0.698. The van der Waals surface area contributed by atoms with Gasteiger partial charge in [0.25, 0.3) is 0 Å². The van der Waals surface area contributed by atoms with Crippen LogP contribution >= 0.6 is 11.3 Å². The van der Waals surface area contributed by atoms with Crippen molar-refractivity contribution in [1.82, 2.24) is 0 Å². The van der Waals surface area contributed by atoms with Crippen LogP contribution in [-0.4, -0.2) is 0 Å². The molecule has 54 valence electrons. The van der Waals surface area contributed by atoms with E-state index in [1.54, 1.807) is 13.0 Å². The van der Waals surface area contributed by atoms with Gasteiger partial charge >= 0.3 is 0 Å². The Morgan fingerprint density at radius 2 is 2.09 bits per heavy atom. The maximum absolute atomic E-state index is 8.69. The number of hydrogen-bond acceptors (Lipinski definition) is 3. The highest BCUT2D eigenvalue weighted by molar-refractivity contribution is 7.10. The van der Waals surface area contributed by atoms with E-state index < -0.39 is 5.41 Å². The van der Waals surface area contributed by atoms with Crippen LogP contribution in [-0.2, 0) is 5.41 Å². The summed E-state index contributed by atoms with van der Waals surface area (Å²) in [5.41, 5.74) is -0.964. The quantitative estimate of drug-likeness (QED) is 0.634. The Hall–Kier alpha value is -1.32. The van der Waals surface area contributed by atoms with Gasteiger partial charge in [-0.25, -0.2) is 0 Å². The molecule has 1 aromatic rings. The van der Waals surface area contributed by atoms with Crippen molar-refractivity contribution in [2.75, 3.05) is 0 Å². The minimum Gasteiger partial charge on any atom is -0.196 e. The van der Waals surface area contributed by atoms with Gasteiger partial charge in [0.1, 0.15) is 0 Å². The van der Waals surface area contributed by atoms with Crippen molar-refractivity contribution in [3.63, 3.8) is 0 Å². The number of hydrogen-bond donors (Lipinski definition) is 0. The Labute approximate surface area is 69.3 Å². The van der Waals surface area contributed by atoms with Crippen molar-refractivity contribution in [2.24, 2.45) is 0 Å². The molecule has 0 aromatic carbocycles. The van der Waals surface area contributed by atoms with Crippen molar-refractivity contribution in [2.45, 2.75) is 12.3 Å². The van der Waals surface area contributed by atoms with Crippen molar-refractivity contribution in [3.8, 4) is 12.1 Å². The van der Waals surface area contributed by atoms with Crippen molar-refractivity contribution < 1.29 is 0 Å². The molecule has 1 aromatic heterocycles. The SMILES string of the molecule is CC(C#N)(C#N)c1cccs1. The lowest BCUT2D eigenvalue weighted by Gasteiger charge is -2.07. The Kier molecular flexibility index (Phi) is 1.94. The maximum atomic E-state index is 8.69. The fourth-order valence-corrected chi connectivity index (χ4v) is 1.49. The van der Waals surface area contributed by atoms with Gasteiger partial charge in [0, 0.05) is 4.88 Å². The molecule has 0 amide bonds. The fraction of sp³-hybridized carbons (Fsp3) is 0.250. The third kappa shape index (κ3) is 1.24. The van der Waals surface area contributed by atoms with Gasteiger partial charge in [-0.15, -0.1) is 11.3 Å². The third-order valence-electron chi connectivity index (χ3n) is 1.46. The predicted molar refractivity (Wildman–Crippen MR) is 42.9 cm³/mol. The van der Waals surface area contributed by atoms with Crippen LogP contribution < -0.4 is 0 Å². The molecular formula is C8H6N2S. The maximum Gasteiger partial charge on any atom is 0.174 e. The molecule has 0 saturated carbocycles. The zero-order valence-corrected chi connectivity index (χ0v) is 6.85. The molecule has 0 saturated heterocycles. The molecule has 3 heteroatoms. The predicted octanol–water partition coefficient (Wildman–Crippen LogP) is 2.05. The van der Waals surface area contributed by atoms with E-state index in [-0.39, 0.29) is 0 Å². The first-order valence-corrected chi connectivity index (χ1v) is 3.97. The lowest BCUT2D eigenvalue weighted by Crippen LogP contribution is -2.13. The summed E-state index contributed by atoms with van der Waals surface area (Å²) in [6.07, 6.45) is 0. The van der Waals surface area contributed by atoms with Crippen LogP contribution in [0.5, 0.6) is 0 Å². The van der Waals surface area contributed by atoms with Crippen LogP contribution in [0.15, 0.2) is 17.5 Å². The van der Waals surface area contributed by atoms with Gasteiger partial charge in [0.2, 0.25) is 0 Å². The summed E-state index contributed by atoms with van der Waals surface area (Å²) >= 11 is 1.43. The summed E-state index contributed by atoms with van der Waals surface area (Å²) in [5, 5.41) is 19.2. The van der Waals surface area contributed by atoms with Gasteiger partial charge < -0.3 is 0 Å². The van der Waals surface area contributed by atoms with Crippen LogP contribution in [0.1, 0.15) is 11.8 Å². The van der Waals surface area contributed by atoms with E-state index in [1.807, 2.05) is 23.6 Å². The summed E-state index contributed by atoms with van der Waals surface area (Å²) in [6.45, 7) is 1.62. The van der Waals surface area contributed by atoms with Gasteiger partial charge in [-0.2, -0.15) is 10.5 Å². The van der Waals surface area contributed by atoms with Crippen LogP contribution in [0.25, 0.3) is 0 Å². The molecule has 0 aliphatic rings. The van der Waals surface area contributed by atoms with Gasteiger partial charge in [0.15, 0.2) is 5.41 Å².